The van der Waals surface area contributed by atoms with E-state index in [-0.39, 0.29) is 6.17 Å². The van der Waals surface area contributed by atoms with Crippen molar-refractivity contribution in [3.05, 3.63) is 17.8 Å². The Hall–Kier alpha value is -1.98. The highest BCUT2D eigenvalue weighted by molar-refractivity contribution is 6.06. The number of aryl methyl sites for hydroxylation is 1. The number of rotatable bonds is 1. The van der Waals surface area contributed by atoms with Crippen molar-refractivity contribution in [2.45, 2.75) is 20.0 Å². The van der Waals surface area contributed by atoms with E-state index < -0.39 is 0 Å². The van der Waals surface area contributed by atoms with Gasteiger partial charge in [0.25, 0.3) is 0 Å². The second kappa shape index (κ2) is 4.95. The average molecular weight is 262 g/mol. The molecule has 6 nitrogen and oxygen atoms in total. The molecule has 0 radical (unpaired) electrons. The molecule has 0 spiro atoms. The van der Waals surface area contributed by atoms with Crippen LogP contribution in [0.3, 0.4) is 0 Å². The van der Waals surface area contributed by atoms with Crippen LogP contribution in [0.15, 0.2) is 22.1 Å². The molecule has 1 N–H and O–H groups in total. The van der Waals surface area contributed by atoms with Crippen LogP contribution in [-0.2, 0) is 0 Å². The van der Waals surface area contributed by atoms with E-state index in [1.54, 1.807) is 0 Å². The maximum atomic E-state index is 4.62. The van der Waals surface area contributed by atoms with Gasteiger partial charge in [0.05, 0.1) is 0 Å². The molecule has 0 bridgehead atoms. The number of nitrogens with one attached hydrogen (secondary N) is 1. The second-order valence-electron chi connectivity index (χ2n) is 5.03. The van der Waals surface area contributed by atoms with Gasteiger partial charge in [0, 0.05) is 33.9 Å². The molecule has 2 rings (SSSR count). The smallest absolute Gasteiger partial charge is 0.210 e. The molecule has 1 unspecified atom stereocenters. The lowest BCUT2D eigenvalue weighted by molar-refractivity contribution is 0.499. The number of aromatic amines is 1. The van der Waals surface area contributed by atoms with Crippen LogP contribution in [-0.4, -0.2) is 61.1 Å². The molecule has 1 aromatic heterocycles. The SMILES string of the molecule is Cc1ccc(N(C)C2=NC(C)N=C(N(C)C)N2C)[nH]1. The molecule has 0 saturated carbocycles. The van der Waals surface area contributed by atoms with Crippen LogP contribution in [0, 0.1) is 6.92 Å². The van der Waals surface area contributed by atoms with E-state index >= 15 is 0 Å². The summed E-state index contributed by atoms with van der Waals surface area (Å²) in [5.74, 6) is 2.82. The van der Waals surface area contributed by atoms with Crippen LogP contribution in [0.1, 0.15) is 12.6 Å². The van der Waals surface area contributed by atoms with Crippen LogP contribution in [0.25, 0.3) is 0 Å². The van der Waals surface area contributed by atoms with Crippen LogP contribution in [0.5, 0.6) is 0 Å². The van der Waals surface area contributed by atoms with E-state index in [2.05, 4.69) is 27.1 Å². The van der Waals surface area contributed by atoms with Crippen molar-refractivity contribution in [3.8, 4) is 0 Å². The summed E-state index contributed by atoms with van der Waals surface area (Å²) in [6, 6.07) is 4.11. The highest BCUT2D eigenvalue weighted by atomic mass is 15.5. The van der Waals surface area contributed by atoms with Crippen molar-refractivity contribution in [2.75, 3.05) is 33.1 Å². The summed E-state index contributed by atoms with van der Waals surface area (Å²) < 4.78 is 0. The van der Waals surface area contributed by atoms with Crippen molar-refractivity contribution >= 4 is 17.7 Å². The molecule has 0 fully saturated rings. The van der Waals surface area contributed by atoms with Gasteiger partial charge in [-0.25, -0.2) is 9.98 Å². The third-order valence-electron chi connectivity index (χ3n) is 3.08. The van der Waals surface area contributed by atoms with E-state index in [1.165, 1.54) is 0 Å². The lowest BCUT2D eigenvalue weighted by Gasteiger charge is -2.35. The van der Waals surface area contributed by atoms with Crippen molar-refractivity contribution in [1.82, 2.24) is 14.8 Å². The van der Waals surface area contributed by atoms with Gasteiger partial charge < -0.3 is 14.8 Å². The number of H-pyrrole nitrogens is 1. The summed E-state index contributed by atoms with van der Waals surface area (Å²) >= 11 is 0. The van der Waals surface area contributed by atoms with Gasteiger partial charge in [-0.05, 0) is 26.0 Å². The normalized spacial score (nSPS) is 19.1. The largest absolute Gasteiger partial charge is 0.349 e. The van der Waals surface area contributed by atoms with Crippen molar-refractivity contribution in [1.29, 1.82) is 0 Å². The van der Waals surface area contributed by atoms with Crippen LogP contribution >= 0.6 is 0 Å². The summed E-state index contributed by atoms with van der Waals surface area (Å²) in [6.45, 7) is 4.03. The minimum absolute atomic E-state index is 0.0675. The Morgan fingerprint density at radius 2 is 1.79 bits per heavy atom. The number of guanidine groups is 2. The molecule has 1 aliphatic rings. The quantitative estimate of drug-likeness (QED) is 0.830. The molecule has 104 valence electrons. The third-order valence-corrected chi connectivity index (χ3v) is 3.08. The lowest BCUT2D eigenvalue weighted by atomic mass is 10.4. The molecule has 1 aliphatic heterocycles. The van der Waals surface area contributed by atoms with E-state index in [1.807, 2.05) is 56.7 Å². The average Bonchev–Trinajstić information content (AvgIpc) is 2.77. The molecule has 1 aromatic rings. The lowest BCUT2D eigenvalue weighted by Crippen LogP contribution is -2.51. The topological polar surface area (TPSA) is 50.2 Å². The number of aromatic nitrogens is 1. The molecule has 2 heterocycles. The Balaban J connectivity index is 2.29. The van der Waals surface area contributed by atoms with Crippen molar-refractivity contribution < 1.29 is 0 Å². The van der Waals surface area contributed by atoms with Gasteiger partial charge in [0.15, 0.2) is 0 Å². The maximum Gasteiger partial charge on any atom is 0.210 e. The van der Waals surface area contributed by atoms with Crippen LogP contribution < -0.4 is 4.90 Å². The molecule has 6 heteroatoms. The Morgan fingerprint density at radius 1 is 1.16 bits per heavy atom. The van der Waals surface area contributed by atoms with Gasteiger partial charge in [0.1, 0.15) is 12.0 Å². The number of aliphatic imine (C=N–C) groups is 2. The molecule has 0 amide bonds. The molecule has 1 atom stereocenters. The number of nitrogens with zero attached hydrogens (tertiary/aromatic N) is 5. The van der Waals surface area contributed by atoms with Gasteiger partial charge in [0.2, 0.25) is 11.9 Å². The molecule has 0 aromatic carbocycles. The zero-order valence-corrected chi connectivity index (χ0v) is 12.5. The monoisotopic (exact) mass is 262 g/mol. The summed E-state index contributed by atoms with van der Waals surface area (Å²) in [5, 5.41) is 0. The first-order chi connectivity index (χ1) is 8.90. The van der Waals surface area contributed by atoms with E-state index in [0.29, 0.717) is 0 Å². The maximum absolute atomic E-state index is 4.62. The molecule has 19 heavy (non-hydrogen) atoms. The van der Waals surface area contributed by atoms with E-state index in [9.17, 15) is 0 Å². The first-order valence-electron chi connectivity index (χ1n) is 6.36. The summed E-state index contributed by atoms with van der Waals surface area (Å²) in [4.78, 5) is 18.5. The minimum Gasteiger partial charge on any atom is -0.349 e. The number of hydrogen-bond donors (Lipinski definition) is 1. The van der Waals surface area contributed by atoms with Crippen molar-refractivity contribution in [2.24, 2.45) is 9.98 Å². The predicted molar refractivity (Wildman–Crippen MR) is 79.7 cm³/mol. The van der Waals surface area contributed by atoms with Crippen LogP contribution in [0.4, 0.5) is 5.82 Å². The Labute approximate surface area is 114 Å². The Bertz CT molecular complexity index is 513. The summed E-state index contributed by atoms with van der Waals surface area (Å²) in [6.07, 6.45) is -0.0675. The van der Waals surface area contributed by atoms with Gasteiger partial charge in [-0.3, -0.25) is 4.90 Å². The highest BCUT2D eigenvalue weighted by Crippen LogP contribution is 2.16. The highest BCUT2D eigenvalue weighted by Gasteiger charge is 2.25. The zero-order valence-electron chi connectivity index (χ0n) is 12.5. The number of anilines is 1. The predicted octanol–water partition coefficient (Wildman–Crippen LogP) is 1.32. The van der Waals surface area contributed by atoms with Crippen molar-refractivity contribution in [3.63, 3.8) is 0 Å². The second-order valence-corrected chi connectivity index (χ2v) is 5.03. The van der Waals surface area contributed by atoms with Gasteiger partial charge in [-0.2, -0.15) is 0 Å². The Morgan fingerprint density at radius 3 is 2.32 bits per heavy atom. The molecule has 0 saturated heterocycles. The van der Waals surface area contributed by atoms with Gasteiger partial charge >= 0.3 is 0 Å². The molecule has 0 aliphatic carbocycles. The fourth-order valence-electron chi connectivity index (χ4n) is 2.15. The standard InChI is InChI=1S/C13H22N6/c1-9-7-8-11(14-9)18(5)13-16-10(2)15-12(17(3)4)19(13)6/h7-8,10,14H,1-6H3. The first kappa shape index (κ1) is 13.5. The Kier molecular flexibility index (Phi) is 3.50. The summed E-state index contributed by atoms with van der Waals surface area (Å²) in [7, 11) is 7.97. The third kappa shape index (κ3) is 2.57. The van der Waals surface area contributed by atoms with Gasteiger partial charge in [-0.1, -0.05) is 0 Å². The molecular formula is C13H22N6. The zero-order chi connectivity index (χ0) is 14.2. The minimum atomic E-state index is -0.0675. The summed E-state index contributed by atoms with van der Waals surface area (Å²) in [5.41, 5.74) is 1.13. The van der Waals surface area contributed by atoms with Gasteiger partial charge in [-0.15, -0.1) is 0 Å². The fraction of sp³-hybridized carbons (Fsp3) is 0.538. The van der Waals surface area contributed by atoms with E-state index in [4.69, 9.17) is 0 Å². The van der Waals surface area contributed by atoms with E-state index in [0.717, 1.165) is 23.4 Å². The molecular weight excluding hydrogens is 240 g/mol. The fourth-order valence-corrected chi connectivity index (χ4v) is 2.15. The van der Waals surface area contributed by atoms with Crippen LogP contribution in [0.2, 0.25) is 0 Å². The number of hydrogen-bond acceptors (Lipinski definition) is 5. The first-order valence-corrected chi connectivity index (χ1v) is 6.36.